The van der Waals surface area contributed by atoms with Crippen molar-refractivity contribution in [2.75, 3.05) is 13.1 Å². The summed E-state index contributed by atoms with van der Waals surface area (Å²) in [6, 6.07) is 12.8. The molecule has 1 fully saturated rings. The van der Waals surface area contributed by atoms with E-state index in [0.717, 1.165) is 11.6 Å². The SMILES string of the molecule is O=C1NC2(CCN(Cc3ccccc3C(F)(F)F)C2)OCc2ccccc21. The summed E-state index contributed by atoms with van der Waals surface area (Å²) in [5.74, 6) is -0.208. The predicted octanol–water partition coefficient (Wildman–Crippen LogP) is 3.57. The fourth-order valence-corrected chi connectivity index (χ4v) is 3.78. The molecule has 1 atom stereocenters. The number of nitrogens with zero attached hydrogens (tertiary/aromatic N) is 1. The maximum Gasteiger partial charge on any atom is 0.416 e. The molecule has 2 heterocycles. The van der Waals surface area contributed by atoms with Gasteiger partial charge in [-0.3, -0.25) is 9.69 Å². The summed E-state index contributed by atoms with van der Waals surface area (Å²) in [6.07, 6.45) is -3.86. The highest BCUT2D eigenvalue weighted by Gasteiger charge is 2.43. The van der Waals surface area contributed by atoms with Gasteiger partial charge in [0.25, 0.3) is 5.91 Å². The first-order valence-corrected chi connectivity index (χ1v) is 8.78. The number of nitrogens with one attached hydrogen (secondary N) is 1. The van der Waals surface area contributed by atoms with E-state index in [2.05, 4.69) is 5.32 Å². The van der Waals surface area contributed by atoms with Crippen LogP contribution in [0.15, 0.2) is 48.5 Å². The first-order chi connectivity index (χ1) is 12.9. The lowest BCUT2D eigenvalue weighted by atomic mass is 10.1. The molecule has 2 aliphatic heterocycles. The predicted molar refractivity (Wildman–Crippen MR) is 92.8 cm³/mol. The molecule has 1 saturated heterocycles. The second-order valence-electron chi connectivity index (χ2n) is 7.01. The second-order valence-corrected chi connectivity index (χ2v) is 7.01. The Bertz CT molecular complexity index is 868. The minimum atomic E-state index is -4.39. The Morgan fingerprint density at radius 2 is 1.85 bits per heavy atom. The summed E-state index contributed by atoms with van der Waals surface area (Å²) in [5.41, 5.74) is 0.126. The molecule has 0 bridgehead atoms. The number of ether oxygens (including phenoxy) is 1. The summed E-state index contributed by atoms with van der Waals surface area (Å²) in [7, 11) is 0. The number of carbonyl (C=O) groups is 1. The molecule has 1 amide bonds. The molecule has 4 nitrogen and oxygen atoms in total. The van der Waals surface area contributed by atoms with E-state index in [0.29, 0.717) is 31.7 Å². The van der Waals surface area contributed by atoms with Crippen molar-refractivity contribution in [1.29, 1.82) is 0 Å². The standard InChI is InChI=1S/C20H19F3N2O2/c21-20(22,23)17-8-4-2-5-14(17)11-25-10-9-19(13-25)24-18(26)16-7-3-1-6-15(16)12-27-19/h1-8H,9-13H2,(H,24,26). The third-order valence-electron chi connectivity index (χ3n) is 5.13. The van der Waals surface area contributed by atoms with Crippen LogP contribution in [0.5, 0.6) is 0 Å². The third kappa shape index (κ3) is 3.57. The molecule has 1 unspecified atom stereocenters. The Morgan fingerprint density at radius 3 is 2.67 bits per heavy atom. The summed E-state index contributed by atoms with van der Waals surface area (Å²) in [6.45, 7) is 1.34. The van der Waals surface area contributed by atoms with Gasteiger partial charge < -0.3 is 10.1 Å². The molecule has 2 aromatic carbocycles. The number of carbonyl (C=O) groups excluding carboxylic acids is 1. The summed E-state index contributed by atoms with van der Waals surface area (Å²) < 4.78 is 45.7. The molecular weight excluding hydrogens is 357 g/mol. The number of benzene rings is 2. The topological polar surface area (TPSA) is 41.6 Å². The van der Waals surface area contributed by atoms with Gasteiger partial charge in [0.2, 0.25) is 0 Å². The van der Waals surface area contributed by atoms with E-state index >= 15 is 0 Å². The number of likely N-dealkylation sites (tertiary alicyclic amines) is 1. The van der Waals surface area contributed by atoms with Crippen molar-refractivity contribution in [3.8, 4) is 0 Å². The maximum atomic E-state index is 13.2. The molecule has 0 saturated carbocycles. The van der Waals surface area contributed by atoms with E-state index in [9.17, 15) is 18.0 Å². The Hall–Kier alpha value is -2.38. The van der Waals surface area contributed by atoms with Crippen LogP contribution in [-0.4, -0.2) is 29.6 Å². The zero-order valence-corrected chi connectivity index (χ0v) is 14.6. The summed E-state index contributed by atoms with van der Waals surface area (Å²) >= 11 is 0. The van der Waals surface area contributed by atoms with Gasteiger partial charge in [-0.25, -0.2) is 0 Å². The molecule has 0 radical (unpaired) electrons. The second kappa shape index (κ2) is 6.65. The van der Waals surface area contributed by atoms with Crippen LogP contribution in [0.3, 0.4) is 0 Å². The van der Waals surface area contributed by atoms with Gasteiger partial charge in [0, 0.05) is 31.6 Å². The Labute approximate surface area is 154 Å². The van der Waals surface area contributed by atoms with E-state index in [-0.39, 0.29) is 18.0 Å². The first-order valence-electron chi connectivity index (χ1n) is 8.78. The van der Waals surface area contributed by atoms with Crippen LogP contribution in [0, 0.1) is 0 Å². The van der Waals surface area contributed by atoms with Gasteiger partial charge in [0.05, 0.1) is 12.2 Å². The molecule has 7 heteroatoms. The van der Waals surface area contributed by atoms with Gasteiger partial charge in [0.1, 0.15) is 0 Å². The molecular formula is C20H19F3N2O2. The number of hydrogen-bond acceptors (Lipinski definition) is 3. The Kier molecular flexibility index (Phi) is 4.44. The van der Waals surface area contributed by atoms with Crippen molar-refractivity contribution in [1.82, 2.24) is 10.2 Å². The van der Waals surface area contributed by atoms with Gasteiger partial charge in [-0.15, -0.1) is 0 Å². The zero-order chi connectivity index (χ0) is 19.1. The van der Waals surface area contributed by atoms with Gasteiger partial charge in [0.15, 0.2) is 5.72 Å². The molecule has 0 aromatic heterocycles. The lowest BCUT2D eigenvalue weighted by Crippen LogP contribution is -2.51. The summed E-state index contributed by atoms with van der Waals surface area (Å²) in [5, 5.41) is 2.95. The van der Waals surface area contributed by atoms with Gasteiger partial charge >= 0.3 is 6.18 Å². The highest BCUT2D eigenvalue weighted by molar-refractivity contribution is 5.96. The number of halogens is 3. The van der Waals surface area contributed by atoms with Crippen molar-refractivity contribution >= 4 is 5.91 Å². The van der Waals surface area contributed by atoms with E-state index in [1.165, 1.54) is 12.1 Å². The Balaban J connectivity index is 1.51. The molecule has 1 N–H and O–H groups in total. The average Bonchev–Trinajstić information content (AvgIpc) is 2.96. The lowest BCUT2D eigenvalue weighted by molar-refractivity contribution is -0.138. The van der Waals surface area contributed by atoms with E-state index in [1.807, 2.05) is 17.0 Å². The highest BCUT2D eigenvalue weighted by Crippen LogP contribution is 2.34. The third-order valence-corrected chi connectivity index (χ3v) is 5.13. The molecule has 1 spiro atoms. The van der Waals surface area contributed by atoms with E-state index < -0.39 is 17.5 Å². The van der Waals surface area contributed by atoms with Crippen LogP contribution in [0.2, 0.25) is 0 Å². The normalized spacial score (nSPS) is 23.1. The van der Waals surface area contributed by atoms with E-state index in [1.54, 1.807) is 18.2 Å². The minimum absolute atomic E-state index is 0.156. The first kappa shape index (κ1) is 18.0. The van der Waals surface area contributed by atoms with Crippen LogP contribution in [0.4, 0.5) is 13.2 Å². The molecule has 4 rings (SSSR count). The molecule has 2 aromatic rings. The van der Waals surface area contributed by atoms with Crippen molar-refractivity contribution in [2.45, 2.75) is 31.5 Å². The van der Waals surface area contributed by atoms with Crippen LogP contribution in [0.25, 0.3) is 0 Å². The molecule has 0 aliphatic carbocycles. The molecule has 27 heavy (non-hydrogen) atoms. The lowest BCUT2D eigenvalue weighted by Gasteiger charge is -2.29. The number of fused-ring (bicyclic) bond motifs is 1. The molecule has 2 aliphatic rings. The van der Waals surface area contributed by atoms with Crippen molar-refractivity contribution in [3.05, 3.63) is 70.8 Å². The van der Waals surface area contributed by atoms with Crippen molar-refractivity contribution < 1.29 is 22.7 Å². The van der Waals surface area contributed by atoms with E-state index in [4.69, 9.17) is 4.74 Å². The van der Waals surface area contributed by atoms with Crippen molar-refractivity contribution in [3.63, 3.8) is 0 Å². The van der Waals surface area contributed by atoms with Gasteiger partial charge in [-0.05, 0) is 23.3 Å². The molecule has 142 valence electrons. The smallest absolute Gasteiger partial charge is 0.350 e. The minimum Gasteiger partial charge on any atom is -0.350 e. The average molecular weight is 376 g/mol. The zero-order valence-electron chi connectivity index (χ0n) is 14.6. The monoisotopic (exact) mass is 376 g/mol. The van der Waals surface area contributed by atoms with Crippen LogP contribution < -0.4 is 5.32 Å². The number of rotatable bonds is 2. The van der Waals surface area contributed by atoms with Gasteiger partial charge in [-0.2, -0.15) is 13.2 Å². The van der Waals surface area contributed by atoms with Crippen LogP contribution >= 0.6 is 0 Å². The highest BCUT2D eigenvalue weighted by atomic mass is 19.4. The fraction of sp³-hybridized carbons (Fsp3) is 0.350. The number of amides is 1. The Morgan fingerprint density at radius 1 is 1.11 bits per heavy atom. The largest absolute Gasteiger partial charge is 0.416 e. The van der Waals surface area contributed by atoms with Gasteiger partial charge in [-0.1, -0.05) is 36.4 Å². The van der Waals surface area contributed by atoms with Crippen molar-refractivity contribution in [2.24, 2.45) is 0 Å². The fourth-order valence-electron chi connectivity index (χ4n) is 3.78. The number of alkyl halides is 3. The van der Waals surface area contributed by atoms with Crippen LogP contribution in [0.1, 0.15) is 33.5 Å². The van der Waals surface area contributed by atoms with Crippen LogP contribution in [-0.2, 0) is 24.1 Å². The maximum absolute atomic E-state index is 13.2. The summed E-state index contributed by atoms with van der Waals surface area (Å²) in [4.78, 5) is 14.4. The quantitative estimate of drug-likeness (QED) is 0.871. The number of hydrogen-bond donors (Lipinski definition) is 1.